The van der Waals surface area contributed by atoms with E-state index in [1.165, 1.54) is 24.3 Å². The van der Waals surface area contributed by atoms with E-state index in [4.69, 9.17) is 10.6 Å². The Morgan fingerprint density at radius 3 is 2.65 bits per heavy atom. The van der Waals surface area contributed by atoms with Gasteiger partial charge in [-0.15, -0.1) is 0 Å². The van der Waals surface area contributed by atoms with E-state index in [-0.39, 0.29) is 11.8 Å². The van der Waals surface area contributed by atoms with Crippen LogP contribution >= 0.6 is 0 Å². The van der Waals surface area contributed by atoms with Crippen LogP contribution in [0.2, 0.25) is 0 Å². The van der Waals surface area contributed by atoms with Gasteiger partial charge in [0.05, 0.1) is 0 Å². The predicted molar refractivity (Wildman–Crippen MR) is 61.1 cm³/mol. The van der Waals surface area contributed by atoms with Crippen molar-refractivity contribution in [3.8, 4) is 11.6 Å². The Labute approximate surface area is 97.4 Å². The molecule has 0 aliphatic carbocycles. The molecular formula is C11H11FN4O. The molecule has 17 heavy (non-hydrogen) atoms. The van der Waals surface area contributed by atoms with Crippen LogP contribution in [0.25, 0.3) is 0 Å². The molecule has 5 nitrogen and oxygen atoms in total. The standard InChI is InChI=1S/C11H11FN4O/c1-7-6-14-11(16-13)15-10(7)17-9-4-2-8(12)3-5-9/h2-6H,13H2,1H3,(H,14,15,16). The van der Waals surface area contributed by atoms with E-state index in [2.05, 4.69) is 15.4 Å². The molecule has 2 aromatic rings. The number of nitrogen functional groups attached to an aromatic ring is 1. The smallest absolute Gasteiger partial charge is 0.240 e. The molecule has 0 fully saturated rings. The number of rotatable bonds is 3. The van der Waals surface area contributed by atoms with Gasteiger partial charge in [-0.1, -0.05) is 0 Å². The van der Waals surface area contributed by atoms with Gasteiger partial charge in [-0.25, -0.2) is 15.2 Å². The molecule has 0 aliphatic rings. The van der Waals surface area contributed by atoms with E-state index in [9.17, 15) is 4.39 Å². The second kappa shape index (κ2) is 4.75. The minimum atomic E-state index is -0.318. The molecule has 1 heterocycles. The van der Waals surface area contributed by atoms with Gasteiger partial charge < -0.3 is 4.74 Å². The van der Waals surface area contributed by atoms with E-state index in [0.29, 0.717) is 11.6 Å². The van der Waals surface area contributed by atoms with Gasteiger partial charge in [-0.2, -0.15) is 4.98 Å². The lowest BCUT2D eigenvalue weighted by atomic mass is 10.3. The highest BCUT2D eigenvalue weighted by molar-refractivity contribution is 5.35. The Morgan fingerprint density at radius 2 is 2.00 bits per heavy atom. The first-order chi connectivity index (χ1) is 8.19. The van der Waals surface area contributed by atoms with Gasteiger partial charge in [-0.05, 0) is 31.2 Å². The summed E-state index contributed by atoms with van der Waals surface area (Å²) in [6.45, 7) is 1.80. The van der Waals surface area contributed by atoms with Crippen LogP contribution in [0.15, 0.2) is 30.5 Å². The van der Waals surface area contributed by atoms with Crippen molar-refractivity contribution in [3.63, 3.8) is 0 Å². The number of nitrogens with one attached hydrogen (secondary N) is 1. The van der Waals surface area contributed by atoms with Gasteiger partial charge >= 0.3 is 0 Å². The summed E-state index contributed by atoms with van der Waals surface area (Å²) in [4.78, 5) is 7.97. The van der Waals surface area contributed by atoms with E-state index in [0.717, 1.165) is 5.56 Å². The molecule has 0 unspecified atom stereocenters. The topological polar surface area (TPSA) is 73.1 Å². The number of benzene rings is 1. The normalized spacial score (nSPS) is 10.1. The molecule has 1 aromatic carbocycles. The zero-order chi connectivity index (χ0) is 12.3. The van der Waals surface area contributed by atoms with Crippen LogP contribution < -0.4 is 16.0 Å². The number of anilines is 1. The van der Waals surface area contributed by atoms with Gasteiger partial charge in [0.15, 0.2) is 0 Å². The highest BCUT2D eigenvalue weighted by Gasteiger charge is 2.05. The SMILES string of the molecule is Cc1cnc(NN)nc1Oc1ccc(F)cc1. The molecule has 0 saturated carbocycles. The molecule has 0 aliphatic heterocycles. The van der Waals surface area contributed by atoms with Gasteiger partial charge in [0.1, 0.15) is 11.6 Å². The molecule has 1 aromatic heterocycles. The van der Waals surface area contributed by atoms with Crippen molar-refractivity contribution in [3.05, 3.63) is 41.8 Å². The molecule has 0 bridgehead atoms. The average molecular weight is 234 g/mol. The lowest BCUT2D eigenvalue weighted by molar-refractivity contribution is 0.456. The van der Waals surface area contributed by atoms with Crippen molar-refractivity contribution in [2.45, 2.75) is 6.92 Å². The molecule has 2 rings (SSSR count). The molecule has 3 N–H and O–H groups in total. The third kappa shape index (κ3) is 2.67. The Hall–Kier alpha value is -2.21. The summed E-state index contributed by atoms with van der Waals surface area (Å²) < 4.78 is 18.2. The van der Waals surface area contributed by atoms with Crippen LogP contribution in [0.1, 0.15) is 5.56 Å². The molecule has 0 atom stereocenters. The minimum absolute atomic E-state index is 0.257. The number of hydrogen-bond donors (Lipinski definition) is 2. The monoisotopic (exact) mass is 234 g/mol. The summed E-state index contributed by atoms with van der Waals surface area (Å²) in [5.74, 6) is 6.01. The fourth-order valence-electron chi connectivity index (χ4n) is 1.21. The Kier molecular flexibility index (Phi) is 3.15. The van der Waals surface area contributed by atoms with E-state index < -0.39 is 0 Å². The molecule has 6 heteroatoms. The lowest BCUT2D eigenvalue weighted by Gasteiger charge is -2.08. The summed E-state index contributed by atoms with van der Waals surface area (Å²) in [6.07, 6.45) is 1.58. The number of hydrogen-bond acceptors (Lipinski definition) is 5. The zero-order valence-corrected chi connectivity index (χ0v) is 9.14. The van der Waals surface area contributed by atoms with Crippen molar-refractivity contribution in [2.24, 2.45) is 5.84 Å². The summed E-state index contributed by atoms with van der Waals surface area (Å²) in [7, 11) is 0. The lowest BCUT2D eigenvalue weighted by Crippen LogP contribution is -2.11. The van der Waals surface area contributed by atoms with E-state index >= 15 is 0 Å². The highest BCUT2D eigenvalue weighted by atomic mass is 19.1. The van der Waals surface area contributed by atoms with Crippen LogP contribution in [0.5, 0.6) is 11.6 Å². The van der Waals surface area contributed by atoms with Crippen LogP contribution in [-0.2, 0) is 0 Å². The third-order valence-electron chi connectivity index (χ3n) is 2.08. The van der Waals surface area contributed by atoms with Crippen LogP contribution in [0.4, 0.5) is 10.3 Å². The first-order valence-electron chi connectivity index (χ1n) is 4.92. The van der Waals surface area contributed by atoms with Crippen LogP contribution in [-0.4, -0.2) is 9.97 Å². The molecule has 0 spiro atoms. The summed E-state index contributed by atoms with van der Waals surface area (Å²) in [5, 5.41) is 0. The van der Waals surface area contributed by atoms with E-state index in [1.807, 2.05) is 0 Å². The summed E-state index contributed by atoms with van der Waals surface area (Å²) >= 11 is 0. The zero-order valence-electron chi connectivity index (χ0n) is 9.14. The second-order valence-corrected chi connectivity index (χ2v) is 3.38. The molecular weight excluding hydrogens is 223 g/mol. The van der Waals surface area contributed by atoms with Crippen LogP contribution in [0, 0.1) is 12.7 Å². The Bertz CT molecular complexity index is 515. The van der Waals surface area contributed by atoms with Gasteiger partial charge in [0.2, 0.25) is 11.8 Å². The average Bonchev–Trinajstić information content (AvgIpc) is 2.35. The maximum atomic E-state index is 12.7. The van der Waals surface area contributed by atoms with Gasteiger partial charge in [-0.3, -0.25) is 5.43 Å². The quantitative estimate of drug-likeness (QED) is 0.627. The van der Waals surface area contributed by atoms with Gasteiger partial charge in [0, 0.05) is 11.8 Å². The summed E-state index contributed by atoms with van der Waals surface area (Å²) in [6, 6.07) is 5.67. The van der Waals surface area contributed by atoms with Crippen molar-refractivity contribution >= 4 is 5.95 Å². The maximum Gasteiger partial charge on any atom is 0.240 e. The van der Waals surface area contributed by atoms with Crippen LogP contribution in [0.3, 0.4) is 0 Å². The maximum absolute atomic E-state index is 12.7. The number of nitrogens with zero attached hydrogens (tertiary/aromatic N) is 2. The molecule has 0 amide bonds. The number of halogens is 1. The fourth-order valence-corrected chi connectivity index (χ4v) is 1.21. The number of aryl methyl sites for hydroxylation is 1. The highest BCUT2D eigenvalue weighted by Crippen LogP contribution is 2.23. The first kappa shape index (κ1) is 11.3. The second-order valence-electron chi connectivity index (χ2n) is 3.38. The van der Waals surface area contributed by atoms with Crippen molar-refractivity contribution < 1.29 is 9.13 Å². The van der Waals surface area contributed by atoms with E-state index in [1.54, 1.807) is 13.1 Å². The first-order valence-corrected chi connectivity index (χ1v) is 4.92. The Balaban J connectivity index is 2.25. The third-order valence-corrected chi connectivity index (χ3v) is 2.08. The van der Waals surface area contributed by atoms with Crippen molar-refractivity contribution in [1.82, 2.24) is 9.97 Å². The van der Waals surface area contributed by atoms with Crippen molar-refractivity contribution in [2.75, 3.05) is 5.43 Å². The van der Waals surface area contributed by atoms with Crippen molar-refractivity contribution in [1.29, 1.82) is 0 Å². The molecule has 88 valence electrons. The number of hydrazine groups is 1. The minimum Gasteiger partial charge on any atom is -0.439 e. The Morgan fingerprint density at radius 1 is 1.29 bits per heavy atom. The molecule has 0 saturated heterocycles. The predicted octanol–water partition coefficient (Wildman–Crippen LogP) is 2.00. The summed E-state index contributed by atoms with van der Waals surface area (Å²) in [5.41, 5.74) is 3.08. The van der Waals surface area contributed by atoms with Gasteiger partial charge in [0.25, 0.3) is 0 Å². The fraction of sp³-hybridized carbons (Fsp3) is 0.0909. The number of ether oxygens (including phenoxy) is 1. The molecule has 0 radical (unpaired) electrons. The number of nitrogens with two attached hydrogens (primary N) is 1. The number of aromatic nitrogens is 2. The largest absolute Gasteiger partial charge is 0.439 e.